The number of rotatable bonds is 8. The van der Waals surface area contributed by atoms with Crippen LogP contribution in [0, 0.1) is 5.92 Å². The largest absolute Gasteiger partial charge is 0.494 e. The Bertz CT molecular complexity index is 441. The summed E-state index contributed by atoms with van der Waals surface area (Å²) in [5, 5.41) is 0. The van der Waals surface area contributed by atoms with E-state index in [9.17, 15) is 9.00 Å². The topological polar surface area (TPSA) is 43.4 Å². The van der Waals surface area contributed by atoms with Crippen LogP contribution in [0.15, 0.2) is 29.2 Å². The average Bonchev–Trinajstić information content (AvgIpc) is 2.38. The summed E-state index contributed by atoms with van der Waals surface area (Å²) in [5.41, 5.74) is 0. The zero-order valence-electron chi connectivity index (χ0n) is 11.8. The van der Waals surface area contributed by atoms with Crippen molar-refractivity contribution in [3.05, 3.63) is 24.3 Å². The van der Waals surface area contributed by atoms with Gasteiger partial charge < -0.3 is 4.74 Å². The van der Waals surface area contributed by atoms with Gasteiger partial charge in [0.25, 0.3) is 0 Å². The smallest absolute Gasteiger partial charge is 0.135 e. The van der Waals surface area contributed by atoms with Gasteiger partial charge in [0.05, 0.1) is 6.61 Å². The lowest BCUT2D eigenvalue weighted by Gasteiger charge is -2.07. The van der Waals surface area contributed by atoms with Crippen molar-refractivity contribution in [2.75, 3.05) is 12.9 Å². The Morgan fingerprint density at radius 1 is 1.32 bits per heavy atom. The van der Waals surface area contributed by atoms with Crippen LogP contribution >= 0.6 is 0 Å². The standard InChI is InChI=1S/C15H22O3S/c1-12(2)15(16)9-4-5-10-18-13-7-6-8-14(11-13)19(3)17/h6-8,11-12H,4-5,9-10H2,1-3H3. The molecule has 0 radical (unpaired) electrons. The van der Waals surface area contributed by atoms with Gasteiger partial charge in [-0.3, -0.25) is 9.00 Å². The molecule has 19 heavy (non-hydrogen) atoms. The van der Waals surface area contributed by atoms with Crippen LogP contribution in [0.25, 0.3) is 0 Å². The van der Waals surface area contributed by atoms with Crippen LogP contribution in [0.1, 0.15) is 33.1 Å². The molecule has 0 bridgehead atoms. The molecule has 0 N–H and O–H groups in total. The van der Waals surface area contributed by atoms with Crippen LogP contribution in [-0.2, 0) is 15.6 Å². The number of unbranched alkanes of at least 4 members (excludes halogenated alkanes) is 1. The first-order valence-corrected chi connectivity index (χ1v) is 8.15. The Balaban J connectivity index is 2.28. The third kappa shape index (κ3) is 6.01. The molecule has 106 valence electrons. The van der Waals surface area contributed by atoms with E-state index >= 15 is 0 Å². The van der Waals surface area contributed by atoms with Crippen molar-refractivity contribution in [2.24, 2.45) is 5.92 Å². The first kappa shape index (κ1) is 15.9. The van der Waals surface area contributed by atoms with Gasteiger partial charge in [-0.1, -0.05) is 19.9 Å². The Kier molecular flexibility index (Phi) is 6.78. The molecule has 1 rings (SSSR count). The van der Waals surface area contributed by atoms with E-state index in [-0.39, 0.29) is 5.92 Å². The molecule has 0 aliphatic rings. The number of carbonyl (C=O) groups is 1. The molecule has 0 heterocycles. The lowest BCUT2D eigenvalue weighted by Crippen LogP contribution is -2.07. The Labute approximate surface area is 117 Å². The van der Waals surface area contributed by atoms with E-state index in [0.29, 0.717) is 18.8 Å². The minimum atomic E-state index is -0.984. The Morgan fingerprint density at radius 2 is 2.05 bits per heavy atom. The summed E-state index contributed by atoms with van der Waals surface area (Å²) in [4.78, 5) is 12.2. The van der Waals surface area contributed by atoms with Gasteiger partial charge in [0.2, 0.25) is 0 Å². The molecular formula is C15H22O3S. The monoisotopic (exact) mass is 282 g/mol. The summed E-state index contributed by atoms with van der Waals surface area (Å²) >= 11 is 0. The molecule has 0 aliphatic heterocycles. The van der Waals surface area contributed by atoms with E-state index in [1.807, 2.05) is 32.0 Å². The highest BCUT2D eigenvalue weighted by molar-refractivity contribution is 7.84. The molecule has 0 fully saturated rings. The van der Waals surface area contributed by atoms with Gasteiger partial charge in [0.15, 0.2) is 0 Å². The van der Waals surface area contributed by atoms with Crippen LogP contribution in [0.5, 0.6) is 5.75 Å². The molecule has 3 nitrogen and oxygen atoms in total. The minimum absolute atomic E-state index is 0.122. The molecule has 0 saturated carbocycles. The third-order valence-electron chi connectivity index (χ3n) is 2.87. The zero-order chi connectivity index (χ0) is 14.3. The molecular weight excluding hydrogens is 260 g/mol. The van der Waals surface area contributed by atoms with E-state index in [1.165, 1.54) is 0 Å². The van der Waals surface area contributed by atoms with Gasteiger partial charge in [-0.25, -0.2) is 0 Å². The van der Waals surface area contributed by atoms with Gasteiger partial charge in [-0.15, -0.1) is 0 Å². The maximum atomic E-state index is 11.4. The van der Waals surface area contributed by atoms with Crippen molar-refractivity contribution in [1.82, 2.24) is 0 Å². The lowest BCUT2D eigenvalue weighted by atomic mass is 10.0. The second-order valence-corrected chi connectivity index (χ2v) is 6.24. The fourth-order valence-corrected chi connectivity index (χ4v) is 2.18. The molecule has 1 aromatic carbocycles. The van der Waals surface area contributed by atoms with Gasteiger partial charge in [-0.05, 0) is 31.0 Å². The Morgan fingerprint density at radius 3 is 2.68 bits per heavy atom. The number of ketones is 1. The molecule has 0 aliphatic carbocycles. The minimum Gasteiger partial charge on any atom is -0.494 e. The van der Waals surface area contributed by atoms with Crippen LogP contribution in [0.2, 0.25) is 0 Å². The first-order chi connectivity index (χ1) is 9.00. The fraction of sp³-hybridized carbons (Fsp3) is 0.533. The van der Waals surface area contributed by atoms with Gasteiger partial charge >= 0.3 is 0 Å². The predicted octanol–water partition coefficient (Wildman–Crippen LogP) is 3.20. The third-order valence-corrected chi connectivity index (χ3v) is 3.79. The van der Waals surface area contributed by atoms with Crippen molar-refractivity contribution in [2.45, 2.75) is 38.0 Å². The second-order valence-electron chi connectivity index (χ2n) is 4.86. The van der Waals surface area contributed by atoms with E-state index in [0.717, 1.165) is 23.5 Å². The first-order valence-electron chi connectivity index (χ1n) is 6.59. The number of ether oxygens (including phenoxy) is 1. The van der Waals surface area contributed by atoms with Crippen LogP contribution in [0.4, 0.5) is 0 Å². The molecule has 0 aromatic heterocycles. The van der Waals surface area contributed by atoms with Crippen molar-refractivity contribution in [3.8, 4) is 5.75 Å². The number of Topliss-reactive ketones (excluding diaryl/α,β-unsaturated/α-hetero) is 1. The quantitative estimate of drug-likeness (QED) is 0.688. The zero-order valence-corrected chi connectivity index (χ0v) is 12.7. The van der Waals surface area contributed by atoms with Crippen LogP contribution in [-0.4, -0.2) is 22.9 Å². The summed E-state index contributed by atoms with van der Waals surface area (Å²) in [6.45, 7) is 4.44. The predicted molar refractivity (Wildman–Crippen MR) is 78.0 cm³/mol. The molecule has 4 heteroatoms. The van der Waals surface area contributed by atoms with E-state index in [1.54, 1.807) is 12.3 Å². The highest BCUT2D eigenvalue weighted by atomic mass is 32.2. The number of hydrogen-bond donors (Lipinski definition) is 0. The van der Waals surface area contributed by atoms with Crippen molar-refractivity contribution < 1.29 is 13.7 Å². The van der Waals surface area contributed by atoms with E-state index < -0.39 is 10.8 Å². The molecule has 1 atom stereocenters. The number of hydrogen-bond acceptors (Lipinski definition) is 3. The van der Waals surface area contributed by atoms with Crippen LogP contribution < -0.4 is 4.74 Å². The molecule has 1 aromatic rings. The summed E-state index contributed by atoms with van der Waals surface area (Å²) in [7, 11) is -0.984. The highest BCUT2D eigenvalue weighted by Crippen LogP contribution is 2.16. The maximum absolute atomic E-state index is 11.4. The normalized spacial score (nSPS) is 12.4. The summed E-state index contributed by atoms with van der Waals surface area (Å²) < 4.78 is 16.9. The summed E-state index contributed by atoms with van der Waals surface area (Å²) in [5.74, 6) is 1.17. The Hall–Kier alpha value is -1.16. The second kappa shape index (κ2) is 8.10. The maximum Gasteiger partial charge on any atom is 0.135 e. The highest BCUT2D eigenvalue weighted by Gasteiger charge is 2.06. The number of benzene rings is 1. The van der Waals surface area contributed by atoms with Crippen molar-refractivity contribution in [3.63, 3.8) is 0 Å². The van der Waals surface area contributed by atoms with Gasteiger partial charge in [-0.2, -0.15) is 0 Å². The number of carbonyl (C=O) groups excluding carboxylic acids is 1. The summed E-state index contributed by atoms with van der Waals surface area (Å²) in [6.07, 6.45) is 3.99. The molecule has 1 unspecified atom stereocenters. The fourth-order valence-electron chi connectivity index (χ4n) is 1.62. The van der Waals surface area contributed by atoms with Crippen molar-refractivity contribution >= 4 is 16.6 Å². The van der Waals surface area contributed by atoms with Crippen LogP contribution in [0.3, 0.4) is 0 Å². The summed E-state index contributed by atoms with van der Waals surface area (Å²) in [6, 6.07) is 7.32. The van der Waals surface area contributed by atoms with E-state index in [4.69, 9.17) is 4.74 Å². The van der Waals surface area contributed by atoms with Gasteiger partial charge in [0.1, 0.15) is 11.5 Å². The molecule has 0 saturated heterocycles. The average molecular weight is 282 g/mol. The molecule has 0 amide bonds. The van der Waals surface area contributed by atoms with Gasteiger partial charge in [0, 0.05) is 34.3 Å². The lowest BCUT2D eigenvalue weighted by molar-refractivity contribution is -0.122. The molecule has 0 spiro atoms. The van der Waals surface area contributed by atoms with E-state index in [2.05, 4.69) is 0 Å². The SMILES string of the molecule is CC(C)C(=O)CCCCOc1cccc(S(C)=O)c1. The van der Waals surface area contributed by atoms with Crippen molar-refractivity contribution in [1.29, 1.82) is 0 Å².